The third-order valence-corrected chi connectivity index (χ3v) is 3.22. The van der Waals surface area contributed by atoms with E-state index in [1.54, 1.807) is 0 Å². The first kappa shape index (κ1) is 14.7. The zero-order valence-corrected chi connectivity index (χ0v) is 12.5. The first-order chi connectivity index (χ1) is 9.74. The summed E-state index contributed by atoms with van der Waals surface area (Å²) in [7, 11) is 0. The Morgan fingerprint density at radius 3 is 2.60 bits per heavy atom. The fourth-order valence-corrected chi connectivity index (χ4v) is 2.06. The number of nitrogens with zero attached hydrogens (tertiary/aromatic N) is 1. The maximum Gasteiger partial charge on any atom is 0.0498 e. The van der Waals surface area contributed by atoms with Gasteiger partial charge in [-0.05, 0) is 29.9 Å². The predicted octanol–water partition coefficient (Wildman–Crippen LogP) is 4.19. The molecule has 1 aromatic rings. The van der Waals surface area contributed by atoms with Crippen LogP contribution in [0.5, 0.6) is 0 Å². The Bertz CT molecular complexity index is 493. The molecule has 0 amide bonds. The summed E-state index contributed by atoms with van der Waals surface area (Å²) < 4.78 is 0. The smallest absolute Gasteiger partial charge is 0.0498 e. The van der Waals surface area contributed by atoms with Crippen molar-refractivity contribution in [2.45, 2.75) is 33.2 Å². The van der Waals surface area contributed by atoms with Crippen LogP contribution in [0.2, 0.25) is 0 Å². The molecule has 0 unspecified atom stereocenters. The maximum atomic E-state index is 4.38. The van der Waals surface area contributed by atoms with E-state index in [1.807, 2.05) is 6.21 Å². The third-order valence-electron chi connectivity index (χ3n) is 3.22. The van der Waals surface area contributed by atoms with E-state index >= 15 is 0 Å². The Kier molecular flexibility index (Phi) is 5.75. The highest BCUT2D eigenvalue weighted by Gasteiger charge is 1.99. The highest BCUT2D eigenvalue weighted by Crippen LogP contribution is 2.09. The van der Waals surface area contributed by atoms with Crippen molar-refractivity contribution in [2.24, 2.45) is 10.9 Å². The molecule has 0 spiro atoms. The zero-order chi connectivity index (χ0) is 14.2. The van der Waals surface area contributed by atoms with Gasteiger partial charge in [0.25, 0.3) is 0 Å². The number of aliphatic imine (C=N–C) groups is 1. The first-order valence-electron chi connectivity index (χ1n) is 7.43. The molecule has 0 atom stereocenters. The van der Waals surface area contributed by atoms with Crippen molar-refractivity contribution >= 4 is 12.3 Å². The van der Waals surface area contributed by atoms with Crippen LogP contribution in [-0.4, -0.2) is 12.8 Å². The van der Waals surface area contributed by atoms with Crippen LogP contribution in [0.4, 0.5) is 0 Å². The van der Waals surface area contributed by atoms with E-state index in [-0.39, 0.29) is 0 Å². The average molecular weight is 268 g/mol. The monoisotopic (exact) mass is 268 g/mol. The van der Waals surface area contributed by atoms with Crippen molar-refractivity contribution in [1.29, 1.82) is 0 Å². The topological polar surface area (TPSA) is 24.4 Å². The number of nitrogens with one attached hydrogen (secondary N) is 1. The van der Waals surface area contributed by atoms with Gasteiger partial charge in [-0.3, -0.25) is 4.99 Å². The summed E-state index contributed by atoms with van der Waals surface area (Å²) in [6, 6.07) is 8.72. The minimum absolute atomic E-state index is 0.598. The summed E-state index contributed by atoms with van der Waals surface area (Å²) in [6.45, 7) is 6.13. The standard InChI is InChI=1S/C18H24N2/c1-15(2)6-7-16-8-10-17(11-9-16)13-19-14-18-5-3-4-12-20-18/h5-12,15,19H,3-4,13-14H2,1-2H3/b7-6+. The molecule has 1 aliphatic rings. The van der Waals surface area contributed by atoms with Gasteiger partial charge in [-0.2, -0.15) is 0 Å². The highest BCUT2D eigenvalue weighted by atomic mass is 14.9. The molecule has 0 bridgehead atoms. The fourth-order valence-electron chi connectivity index (χ4n) is 2.06. The molecule has 0 fully saturated rings. The number of benzene rings is 1. The van der Waals surface area contributed by atoms with Crippen LogP contribution in [0, 0.1) is 5.92 Å². The van der Waals surface area contributed by atoms with Crippen molar-refractivity contribution in [1.82, 2.24) is 5.32 Å². The molecule has 0 radical (unpaired) electrons. The SMILES string of the molecule is CC(C)/C=C/c1ccc(CNCC2=CCCC=N2)cc1. The number of allylic oxidation sites excluding steroid dienone is 2. The second-order valence-corrected chi connectivity index (χ2v) is 5.53. The van der Waals surface area contributed by atoms with Gasteiger partial charge in [0.1, 0.15) is 0 Å². The average Bonchev–Trinajstić information content (AvgIpc) is 2.47. The van der Waals surface area contributed by atoms with E-state index in [9.17, 15) is 0 Å². The van der Waals surface area contributed by atoms with Crippen molar-refractivity contribution < 1.29 is 0 Å². The molecule has 1 aromatic carbocycles. The van der Waals surface area contributed by atoms with Crippen LogP contribution in [0.3, 0.4) is 0 Å². The minimum Gasteiger partial charge on any atom is -0.307 e. The van der Waals surface area contributed by atoms with E-state index in [1.165, 1.54) is 11.1 Å². The number of rotatable bonds is 6. The van der Waals surface area contributed by atoms with E-state index in [0.29, 0.717) is 5.92 Å². The Labute approximate surface area is 122 Å². The van der Waals surface area contributed by atoms with Gasteiger partial charge >= 0.3 is 0 Å². The van der Waals surface area contributed by atoms with E-state index < -0.39 is 0 Å². The van der Waals surface area contributed by atoms with Crippen molar-refractivity contribution in [3.05, 3.63) is 53.2 Å². The number of hydrogen-bond donors (Lipinski definition) is 1. The van der Waals surface area contributed by atoms with Gasteiger partial charge in [0, 0.05) is 25.0 Å². The summed E-state index contributed by atoms with van der Waals surface area (Å²) in [5.74, 6) is 0.598. The van der Waals surface area contributed by atoms with Crippen molar-refractivity contribution in [2.75, 3.05) is 6.54 Å². The molecule has 2 nitrogen and oxygen atoms in total. The normalized spacial score (nSPS) is 15.1. The van der Waals surface area contributed by atoms with Crippen molar-refractivity contribution in [3.63, 3.8) is 0 Å². The first-order valence-corrected chi connectivity index (χ1v) is 7.43. The van der Waals surface area contributed by atoms with E-state index in [0.717, 1.165) is 31.6 Å². The van der Waals surface area contributed by atoms with Gasteiger partial charge in [0.2, 0.25) is 0 Å². The molecular weight excluding hydrogens is 244 g/mol. The molecular formula is C18H24N2. The lowest BCUT2D eigenvalue weighted by Crippen LogP contribution is -2.16. The van der Waals surface area contributed by atoms with Gasteiger partial charge in [0.05, 0.1) is 0 Å². The van der Waals surface area contributed by atoms with Crippen LogP contribution in [0.15, 0.2) is 47.1 Å². The fraction of sp³-hybridized carbons (Fsp3) is 0.389. The second-order valence-electron chi connectivity index (χ2n) is 5.53. The predicted molar refractivity (Wildman–Crippen MR) is 87.8 cm³/mol. The molecule has 20 heavy (non-hydrogen) atoms. The lowest BCUT2D eigenvalue weighted by atomic mass is 10.1. The molecule has 2 heteroatoms. The van der Waals surface area contributed by atoms with Crippen LogP contribution in [0.25, 0.3) is 6.08 Å². The van der Waals surface area contributed by atoms with Gasteiger partial charge in [-0.1, -0.05) is 56.3 Å². The minimum atomic E-state index is 0.598. The number of hydrogen-bond acceptors (Lipinski definition) is 2. The zero-order valence-electron chi connectivity index (χ0n) is 12.5. The van der Waals surface area contributed by atoms with Crippen molar-refractivity contribution in [3.8, 4) is 0 Å². The molecule has 2 rings (SSSR count). The lowest BCUT2D eigenvalue weighted by molar-refractivity contribution is 0.730. The van der Waals surface area contributed by atoms with E-state index in [4.69, 9.17) is 0 Å². The molecule has 0 aliphatic carbocycles. The molecule has 1 aliphatic heterocycles. The van der Waals surface area contributed by atoms with E-state index in [2.05, 4.69) is 66.7 Å². The Hall–Kier alpha value is -1.67. The summed E-state index contributed by atoms with van der Waals surface area (Å²) in [5.41, 5.74) is 3.74. The van der Waals surface area contributed by atoms with Crippen LogP contribution in [-0.2, 0) is 6.54 Å². The molecule has 1 heterocycles. The van der Waals surface area contributed by atoms with Gasteiger partial charge in [0.15, 0.2) is 0 Å². The molecule has 106 valence electrons. The Balaban J connectivity index is 1.79. The summed E-state index contributed by atoms with van der Waals surface area (Å²) in [5, 5.41) is 3.44. The second kappa shape index (κ2) is 7.81. The summed E-state index contributed by atoms with van der Waals surface area (Å²) in [6.07, 6.45) is 10.8. The molecule has 0 aromatic heterocycles. The van der Waals surface area contributed by atoms with Gasteiger partial charge in [-0.15, -0.1) is 0 Å². The maximum absolute atomic E-state index is 4.38. The van der Waals surface area contributed by atoms with Gasteiger partial charge in [-0.25, -0.2) is 0 Å². The molecule has 0 saturated carbocycles. The molecule has 1 N–H and O–H groups in total. The highest BCUT2D eigenvalue weighted by molar-refractivity contribution is 5.60. The Morgan fingerprint density at radius 1 is 1.15 bits per heavy atom. The van der Waals surface area contributed by atoms with Crippen LogP contribution in [0.1, 0.15) is 37.8 Å². The third kappa shape index (κ3) is 5.14. The Morgan fingerprint density at radius 2 is 1.95 bits per heavy atom. The molecule has 0 saturated heterocycles. The quantitative estimate of drug-likeness (QED) is 0.821. The van der Waals surface area contributed by atoms with Crippen LogP contribution >= 0.6 is 0 Å². The van der Waals surface area contributed by atoms with Crippen LogP contribution < -0.4 is 5.32 Å². The summed E-state index contributed by atoms with van der Waals surface area (Å²) in [4.78, 5) is 4.38. The largest absolute Gasteiger partial charge is 0.307 e. The summed E-state index contributed by atoms with van der Waals surface area (Å²) >= 11 is 0. The van der Waals surface area contributed by atoms with Gasteiger partial charge < -0.3 is 5.32 Å². The lowest BCUT2D eigenvalue weighted by Gasteiger charge is -2.08.